The maximum Gasteiger partial charge on any atom is 0.261 e. The van der Waals surface area contributed by atoms with Gasteiger partial charge in [0.25, 0.3) is 11.8 Å². The molecular formula is C11H9N3O3. The number of aliphatic hydroxyl groups is 1. The zero-order valence-electron chi connectivity index (χ0n) is 8.83. The van der Waals surface area contributed by atoms with Gasteiger partial charge in [0.1, 0.15) is 0 Å². The monoisotopic (exact) mass is 231 g/mol. The highest BCUT2D eigenvalue weighted by Gasteiger charge is 2.47. The smallest absolute Gasteiger partial charge is 0.261 e. The molecule has 2 aliphatic rings. The van der Waals surface area contributed by atoms with E-state index in [1.54, 1.807) is 24.3 Å². The zero-order valence-corrected chi connectivity index (χ0v) is 8.83. The molecule has 0 spiro atoms. The Morgan fingerprint density at radius 1 is 1.12 bits per heavy atom. The van der Waals surface area contributed by atoms with Crippen molar-refractivity contribution in [2.24, 2.45) is 10.2 Å². The molecule has 6 heteroatoms. The second-order valence-corrected chi connectivity index (χ2v) is 4.08. The Bertz CT molecular complexity index is 512. The molecule has 0 fully saturated rings. The first-order chi connectivity index (χ1) is 8.17. The number of carbonyl (C=O) groups excluding carboxylic acids is 2. The Hall–Kier alpha value is -2.08. The second kappa shape index (κ2) is 3.21. The van der Waals surface area contributed by atoms with Gasteiger partial charge in [0.2, 0.25) is 5.66 Å². The van der Waals surface area contributed by atoms with E-state index in [0.717, 1.165) is 4.90 Å². The van der Waals surface area contributed by atoms with Crippen molar-refractivity contribution < 1.29 is 14.7 Å². The van der Waals surface area contributed by atoms with Gasteiger partial charge in [-0.25, -0.2) is 0 Å². The highest BCUT2D eigenvalue weighted by molar-refractivity contribution is 6.21. The lowest BCUT2D eigenvalue weighted by atomic mass is 10.1. The molecule has 6 nitrogen and oxygen atoms in total. The second-order valence-electron chi connectivity index (χ2n) is 4.08. The molecular weight excluding hydrogens is 222 g/mol. The van der Waals surface area contributed by atoms with Crippen LogP contribution in [0, 0.1) is 0 Å². The summed E-state index contributed by atoms with van der Waals surface area (Å²) in [4.78, 5) is 25.0. The van der Waals surface area contributed by atoms with Crippen molar-refractivity contribution in [3.8, 4) is 0 Å². The van der Waals surface area contributed by atoms with Crippen LogP contribution in [0.1, 0.15) is 20.7 Å². The van der Waals surface area contributed by atoms with Gasteiger partial charge in [0.15, 0.2) is 0 Å². The molecule has 1 N–H and O–H groups in total. The third-order valence-electron chi connectivity index (χ3n) is 2.93. The highest BCUT2D eigenvalue weighted by atomic mass is 16.3. The summed E-state index contributed by atoms with van der Waals surface area (Å²) in [6.07, 6.45) is 0. The van der Waals surface area contributed by atoms with Crippen molar-refractivity contribution in [1.29, 1.82) is 0 Å². The molecule has 0 saturated carbocycles. The first kappa shape index (κ1) is 10.1. The maximum atomic E-state index is 12.0. The fourth-order valence-corrected chi connectivity index (χ4v) is 1.88. The number of amides is 2. The van der Waals surface area contributed by atoms with Crippen LogP contribution in [0.5, 0.6) is 0 Å². The van der Waals surface area contributed by atoms with E-state index < -0.39 is 5.66 Å². The van der Waals surface area contributed by atoms with Crippen LogP contribution in [0.15, 0.2) is 34.5 Å². The number of aliphatic hydroxyl groups excluding tert-OH is 1. The van der Waals surface area contributed by atoms with E-state index in [1.165, 1.54) is 0 Å². The lowest BCUT2D eigenvalue weighted by Crippen LogP contribution is -2.40. The summed E-state index contributed by atoms with van der Waals surface area (Å²) in [6.45, 7) is -0.281. The third kappa shape index (κ3) is 1.38. The zero-order chi connectivity index (χ0) is 12.0. The molecule has 2 amide bonds. The number of nitrogens with zero attached hydrogens (tertiary/aromatic N) is 3. The van der Waals surface area contributed by atoms with Gasteiger partial charge in [-0.15, -0.1) is 0 Å². The summed E-state index contributed by atoms with van der Waals surface area (Å²) in [6, 6.07) is 6.65. The Kier molecular flexibility index (Phi) is 1.90. The van der Waals surface area contributed by atoms with E-state index in [-0.39, 0.29) is 25.0 Å². The van der Waals surface area contributed by atoms with Crippen LogP contribution < -0.4 is 0 Å². The van der Waals surface area contributed by atoms with E-state index in [9.17, 15) is 9.59 Å². The van der Waals surface area contributed by atoms with Crippen LogP contribution in [0.25, 0.3) is 0 Å². The maximum absolute atomic E-state index is 12.0. The minimum Gasteiger partial charge on any atom is -0.392 e. The topological polar surface area (TPSA) is 82.3 Å². The van der Waals surface area contributed by atoms with Crippen LogP contribution in [-0.4, -0.2) is 40.6 Å². The van der Waals surface area contributed by atoms with Gasteiger partial charge in [-0.2, -0.15) is 10.2 Å². The van der Waals surface area contributed by atoms with Crippen LogP contribution in [0.4, 0.5) is 0 Å². The van der Waals surface area contributed by atoms with E-state index >= 15 is 0 Å². The van der Waals surface area contributed by atoms with Crippen LogP contribution in [0.2, 0.25) is 0 Å². The quantitative estimate of drug-likeness (QED) is 0.766. The van der Waals surface area contributed by atoms with E-state index in [0.29, 0.717) is 11.1 Å². The van der Waals surface area contributed by atoms with Gasteiger partial charge in [-0.3, -0.25) is 14.5 Å². The first-order valence-electron chi connectivity index (χ1n) is 5.17. The summed E-state index contributed by atoms with van der Waals surface area (Å²) in [7, 11) is 0. The average Bonchev–Trinajstić information content (AvgIpc) is 3.10. The SMILES string of the molecule is O=C1c2ccccc2C(=O)N1CC1(CO)N=N1. The van der Waals surface area contributed by atoms with Crippen molar-refractivity contribution in [2.45, 2.75) is 5.66 Å². The molecule has 86 valence electrons. The standard InChI is InChI=1S/C11H9N3O3/c15-6-11(12-13-11)5-14-9(16)7-3-1-2-4-8(7)10(14)17/h1-4,15H,5-6H2. The van der Waals surface area contributed by atoms with Gasteiger partial charge in [0, 0.05) is 0 Å². The Labute approximate surface area is 96.6 Å². The Morgan fingerprint density at radius 3 is 2.06 bits per heavy atom. The largest absolute Gasteiger partial charge is 0.392 e. The number of benzene rings is 1. The molecule has 0 saturated heterocycles. The third-order valence-corrected chi connectivity index (χ3v) is 2.93. The minimum atomic E-state index is -0.979. The van der Waals surface area contributed by atoms with Gasteiger partial charge >= 0.3 is 0 Å². The van der Waals surface area contributed by atoms with Crippen LogP contribution >= 0.6 is 0 Å². The minimum absolute atomic E-state index is 0.00977. The van der Waals surface area contributed by atoms with Crippen molar-refractivity contribution in [2.75, 3.05) is 13.2 Å². The fraction of sp³-hybridized carbons (Fsp3) is 0.273. The average molecular weight is 231 g/mol. The van der Waals surface area contributed by atoms with Gasteiger partial charge in [-0.1, -0.05) is 12.1 Å². The molecule has 0 atom stereocenters. The summed E-state index contributed by atoms with van der Waals surface area (Å²) in [5.74, 6) is -0.702. The molecule has 2 heterocycles. The lowest BCUT2D eigenvalue weighted by molar-refractivity contribution is 0.0619. The number of carbonyl (C=O) groups is 2. The predicted octanol–water partition coefficient (Wildman–Crippen LogP) is 0.437. The molecule has 0 aromatic heterocycles. The summed E-state index contributed by atoms with van der Waals surface area (Å²) < 4.78 is 0. The molecule has 2 aliphatic heterocycles. The van der Waals surface area contributed by atoms with E-state index in [2.05, 4.69) is 10.2 Å². The van der Waals surface area contributed by atoms with E-state index in [4.69, 9.17) is 5.11 Å². The first-order valence-corrected chi connectivity index (χ1v) is 5.17. The highest BCUT2D eigenvalue weighted by Crippen LogP contribution is 2.32. The number of fused-ring (bicyclic) bond motifs is 1. The number of hydrogen-bond donors (Lipinski definition) is 1. The predicted molar refractivity (Wildman–Crippen MR) is 56.5 cm³/mol. The molecule has 3 rings (SSSR count). The van der Waals surface area contributed by atoms with Crippen molar-refractivity contribution in [3.05, 3.63) is 35.4 Å². The van der Waals surface area contributed by atoms with Crippen molar-refractivity contribution >= 4 is 11.8 Å². The van der Waals surface area contributed by atoms with Gasteiger partial charge in [-0.05, 0) is 12.1 Å². The number of imide groups is 1. The van der Waals surface area contributed by atoms with Crippen LogP contribution in [0.3, 0.4) is 0 Å². The van der Waals surface area contributed by atoms with Gasteiger partial charge in [0.05, 0.1) is 24.3 Å². The molecule has 1 aromatic carbocycles. The summed E-state index contributed by atoms with van der Waals surface area (Å²) in [5.41, 5.74) is -0.189. The summed E-state index contributed by atoms with van der Waals surface area (Å²) in [5, 5.41) is 16.4. The van der Waals surface area contributed by atoms with Crippen molar-refractivity contribution in [1.82, 2.24) is 4.90 Å². The molecule has 1 aromatic rings. The Morgan fingerprint density at radius 2 is 1.65 bits per heavy atom. The molecule has 17 heavy (non-hydrogen) atoms. The normalized spacial score (nSPS) is 19.7. The molecule has 0 unspecified atom stereocenters. The van der Waals surface area contributed by atoms with Crippen LogP contribution in [-0.2, 0) is 0 Å². The summed E-state index contributed by atoms with van der Waals surface area (Å²) >= 11 is 0. The van der Waals surface area contributed by atoms with Gasteiger partial charge < -0.3 is 5.11 Å². The fourth-order valence-electron chi connectivity index (χ4n) is 1.88. The number of rotatable bonds is 3. The molecule has 0 bridgehead atoms. The van der Waals surface area contributed by atoms with E-state index in [1.807, 2.05) is 0 Å². The van der Waals surface area contributed by atoms with Crippen molar-refractivity contribution in [3.63, 3.8) is 0 Å². The number of hydrogen-bond acceptors (Lipinski definition) is 5. The Balaban J connectivity index is 1.90. The molecule has 0 aliphatic carbocycles. The molecule has 0 radical (unpaired) electrons. The lowest BCUT2D eigenvalue weighted by Gasteiger charge is -2.16.